The molecule has 1 aliphatic heterocycles. The SMILES string of the molecule is COC(=O)[C@H](C[C@@H]1CCCNC1=O)NC(=O)[C@H](CC(C)C)NC(=O)C(Cc1ccc(O)cc1)NC(=O)OCc1ccccc1. The first-order valence-corrected chi connectivity index (χ1v) is 14.8. The summed E-state index contributed by atoms with van der Waals surface area (Å²) in [5, 5.41) is 20.4. The van der Waals surface area contributed by atoms with Gasteiger partial charge in [0.25, 0.3) is 0 Å². The summed E-state index contributed by atoms with van der Waals surface area (Å²) in [5.41, 5.74) is 1.41. The Morgan fingerprint density at radius 3 is 2.20 bits per heavy atom. The Labute approximate surface area is 257 Å². The van der Waals surface area contributed by atoms with Gasteiger partial charge in [-0.05, 0) is 54.9 Å². The second-order valence-electron chi connectivity index (χ2n) is 11.3. The van der Waals surface area contributed by atoms with Crippen molar-refractivity contribution < 1.29 is 38.6 Å². The number of rotatable bonds is 14. The molecule has 238 valence electrons. The number of carbonyl (C=O) groups is 5. The lowest BCUT2D eigenvalue weighted by atomic mass is 9.91. The topological polar surface area (TPSA) is 172 Å². The molecular weight excluding hydrogens is 568 g/mol. The van der Waals surface area contributed by atoms with Gasteiger partial charge in [0.15, 0.2) is 0 Å². The molecule has 1 aliphatic rings. The fourth-order valence-corrected chi connectivity index (χ4v) is 4.93. The van der Waals surface area contributed by atoms with Crippen LogP contribution >= 0.6 is 0 Å². The van der Waals surface area contributed by atoms with E-state index in [9.17, 15) is 29.1 Å². The fourth-order valence-electron chi connectivity index (χ4n) is 4.93. The molecule has 1 fully saturated rings. The smallest absolute Gasteiger partial charge is 0.408 e. The first-order valence-electron chi connectivity index (χ1n) is 14.8. The highest BCUT2D eigenvalue weighted by Gasteiger charge is 2.34. The Morgan fingerprint density at radius 2 is 1.57 bits per heavy atom. The number of methoxy groups -OCH3 is 1. The largest absolute Gasteiger partial charge is 0.508 e. The number of nitrogens with one attached hydrogen (secondary N) is 4. The van der Waals surface area contributed by atoms with Crippen molar-refractivity contribution in [3.05, 3.63) is 65.7 Å². The molecule has 44 heavy (non-hydrogen) atoms. The molecule has 2 aromatic carbocycles. The molecule has 0 spiro atoms. The second-order valence-corrected chi connectivity index (χ2v) is 11.3. The number of hydrogen-bond acceptors (Lipinski definition) is 8. The zero-order valence-corrected chi connectivity index (χ0v) is 25.3. The van der Waals surface area contributed by atoms with Gasteiger partial charge < -0.3 is 35.8 Å². The van der Waals surface area contributed by atoms with Gasteiger partial charge in [-0.25, -0.2) is 9.59 Å². The molecule has 3 rings (SSSR count). The summed E-state index contributed by atoms with van der Waals surface area (Å²) in [6, 6.07) is 11.9. The quantitative estimate of drug-likeness (QED) is 0.203. The Hall–Kier alpha value is -4.61. The summed E-state index contributed by atoms with van der Waals surface area (Å²) in [6.45, 7) is 4.31. The number of ether oxygens (including phenoxy) is 2. The Kier molecular flexibility index (Phi) is 13.0. The Morgan fingerprint density at radius 1 is 0.909 bits per heavy atom. The predicted octanol–water partition coefficient (Wildman–Crippen LogP) is 2.33. The van der Waals surface area contributed by atoms with E-state index in [2.05, 4.69) is 21.3 Å². The molecule has 2 aromatic rings. The minimum atomic E-state index is -1.13. The van der Waals surface area contributed by atoms with E-state index in [1.165, 1.54) is 19.2 Å². The van der Waals surface area contributed by atoms with E-state index in [1.54, 1.807) is 24.3 Å². The lowest BCUT2D eigenvalue weighted by Crippen LogP contribution is -2.57. The number of phenols is 1. The number of alkyl carbamates (subject to hydrolysis) is 1. The monoisotopic (exact) mass is 610 g/mol. The number of phenolic OH excluding ortho intramolecular Hbond substituents is 1. The molecule has 0 saturated carbocycles. The van der Waals surface area contributed by atoms with Crippen LogP contribution < -0.4 is 21.3 Å². The Bertz CT molecular complexity index is 1270. The number of piperidine rings is 1. The minimum Gasteiger partial charge on any atom is -0.508 e. The maximum atomic E-state index is 13.6. The van der Waals surface area contributed by atoms with Crippen LogP contribution in [0.25, 0.3) is 0 Å². The van der Waals surface area contributed by atoms with Crippen LogP contribution in [0, 0.1) is 11.8 Å². The zero-order valence-electron chi connectivity index (χ0n) is 25.3. The third-order valence-electron chi connectivity index (χ3n) is 7.26. The number of amides is 4. The molecule has 0 bridgehead atoms. The van der Waals surface area contributed by atoms with Crippen LogP contribution in [0.5, 0.6) is 5.75 Å². The maximum Gasteiger partial charge on any atom is 0.408 e. The van der Waals surface area contributed by atoms with Crippen molar-refractivity contribution in [3.63, 3.8) is 0 Å². The molecule has 1 heterocycles. The molecule has 12 nitrogen and oxygen atoms in total. The van der Waals surface area contributed by atoms with E-state index in [4.69, 9.17) is 9.47 Å². The number of carbonyl (C=O) groups excluding carboxylic acids is 5. The van der Waals surface area contributed by atoms with Crippen LogP contribution in [0.1, 0.15) is 50.7 Å². The first-order chi connectivity index (χ1) is 21.0. The number of hydrogen-bond donors (Lipinski definition) is 5. The summed E-state index contributed by atoms with van der Waals surface area (Å²) < 4.78 is 10.2. The molecule has 12 heteroatoms. The molecule has 5 N–H and O–H groups in total. The van der Waals surface area contributed by atoms with E-state index in [0.29, 0.717) is 18.5 Å². The van der Waals surface area contributed by atoms with Crippen LogP contribution in [-0.4, -0.2) is 66.7 Å². The van der Waals surface area contributed by atoms with Crippen molar-refractivity contribution in [2.75, 3.05) is 13.7 Å². The summed E-state index contributed by atoms with van der Waals surface area (Å²) in [4.78, 5) is 64.7. The third-order valence-corrected chi connectivity index (χ3v) is 7.26. The van der Waals surface area contributed by atoms with Crippen molar-refractivity contribution in [3.8, 4) is 5.75 Å². The van der Waals surface area contributed by atoms with Crippen molar-refractivity contribution >= 4 is 29.8 Å². The molecule has 1 saturated heterocycles. The highest BCUT2D eigenvalue weighted by Crippen LogP contribution is 2.19. The average molecular weight is 611 g/mol. The van der Waals surface area contributed by atoms with E-state index >= 15 is 0 Å². The molecule has 4 atom stereocenters. The van der Waals surface area contributed by atoms with E-state index in [-0.39, 0.29) is 43.4 Å². The zero-order chi connectivity index (χ0) is 32.1. The number of aromatic hydroxyl groups is 1. The third kappa shape index (κ3) is 10.9. The molecule has 0 radical (unpaired) electrons. The first kappa shape index (κ1) is 33.9. The van der Waals surface area contributed by atoms with Crippen molar-refractivity contribution in [2.45, 2.75) is 70.7 Å². The molecular formula is C32H42N4O8. The van der Waals surface area contributed by atoms with Gasteiger partial charge >= 0.3 is 12.1 Å². The number of esters is 1. The van der Waals surface area contributed by atoms with Crippen molar-refractivity contribution in [1.29, 1.82) is 0 Å². The lowest BCUT2D eigenvalue weighted by Gasteiger charge is -2.28. The molecule has 0 aromatic heterocycles. The fraction of sp³-hybridized carbons (Fsp3) is 0.469. The summed E-state index contributed by atoms with van der Waals surface area (Å²) in [7, 11) is 1.20. The van der Waals surface area contributed by atoms with Gasteiger partial charge in [-0.1, -0.05) is 56.3 Å². The summed E-state index contributed by atoms with van der Waals surface area (Å²) in [6.07, 6.45) is 0.850. The van der Waals surface area contributed by atoms with E-state index < -0.39 is 47.9 Å². The summed E-state index contributed by atoms with van der Waals surface area (Å²) in [5.74, 6) is -2.58. The molecule has 4 amide bonds. The van der Waals surface area contributed by atoms with Crippen LogP contribution in [-0.2, 0) is 41.7 Å². The van der Waals surface area contributed by atoms with Gasteiger partial charge in [0, 0.05) is 18.9 Å². The van der Waals surface area contributed by atoms with Crippen LogP contribution in [0.3, 0.4) is 0 Å². The Balaban J connectivity index is 1.74. The minimum absolute atomic E-state index is 0.00741. The normalized spacial score (nSPS) is 16.5. The summed E-state index contributed by atoms with van der Waals surface area (Å²) >= 11 is 0. The van der Waals surface area contributed by atoms with E-state index in [0.717, 1.165) is 12.0 Å². The van der Waals surface area contributed by atoms with Crippen molar-refractivity contribution in [1.82, 2.24) is 21.3 Å². The van der Waals surface area contributed by atoms with Crippen LogP contribution in [0.15, 0.2) is 54.6 Å². The van der Waals surface area contributed by atoms with Gasteiger partial charge in [-0.15, -0.1) is 0 Å². The van der Waals surface area contributed by atoms with Gasteiger partial charge in [-0.3, -0.25) is 14.4 Å². The van der Waals surface area contributed by atoms with Crippen LogP contribution in [0.4, 0.5) is 4.79 Å². The highest BCUT2D eigenvalue weighted by atomic mass is 16.5. The van der Waals surface area contributed by atoms with Gasteiger partial charge in [0.1, 0.15) is 30.5 Å². The molecule has 0 aliphatic carbocycles. The van der Waals surface area contributed by atoms with Crippen molar-refractivity contribution in [2.24, 2.45) is 11.8 Å². The second kappa shape index (κ2) is 16.9. The predicted molar refractivity (Wildman–Crippen MR) is 161 cm³/mol. The van der Waals surface area contributed by atoms with Gasteiger partial charge in [-0.2, -0.15) is 0 Å². The van der Waals surface area contributed by atoms with Crippen LogP contribution in [0.2, 0.25) is 0 Å². The van der Waals surface area contributed by atoms with Gasteiger partial charge in [0.05, 0.1) is 7.11 Å². The maximum absolute atomic E-state index is 13.6. The molecule has 1 unspecified atom stereocenters. The van der Waals surface area contributed by atoms with Gasteiger partial charge in [0.2, 0.25) is 17.7 Å². The van der Waals surface area contributed by atoms with E-state index in [1.807, 2.05) is 32.0 Å². The average Bonchev–Trinajstić information content (AvgIpc) is 3.01. The number of benzene rings is 2. The highest BCUT2D eigenvalue weighted by molar-refractivity contribution is 5.93. The standard InChI is InChI=1S/C32H42N4O8/c1-20(2)16-25(29(39)35-27(31(41)43-3)18-23-10-7-15-33-28(23)38)34-30(40)26(17-21-11-13-24(37)14-12-21)36-32(42)44-19-22-8-5-4-6-9-22/h4-6,8-9,11-14,20,23,25-27,37H,7,10,15-19H2,1-3H3,(H,33,38)(H,34,40)(H,35,39)(H,36,42)/t23-,25-,26?,27-/m0/s1. The lowest BCUT2D eigenvalue weighted by molar-refractivity contribution is -0.146.